The highest BCUT2D eigenvalue weighted by Gasteiger charge is 2.43. The Kier molecular flexibility index (Phi) is 6.30. The van der Waals surface area contributed by atoms with Crippen LogP contribution >= 0.6 is 0 Å². The van der Waals surface area contributed by atoms with Crippen molar-refractivity contribution >= 4 is 11.9 Å². The summed E-state index contributed by atoms with van der Waals surface area (Å²) in [6, 6.07) is 8.59. The number of benzene rings is 1. The average Bonchev–Trinajstić information content (AvgIpc) is 3.13. The summed E-state index contributed by atoms with van der Waals surface area (Å²) in [5.41, 5.74) is 7.29. The predicted octanol–water partition coefficient (Wildman–Crippen LogP) is 2.83. The lowest BCUT2D eigenvalue weighted by atomic mass is 9.79. The summed E-state index contributed by atoms with van der Waals surface area (Å²) < 4.78 is 0. The van der Waals surface area contributed by atoms with Gasteiger partial charge in [-0.25, -0.2) is 4.79 Å². The van der Waals surface area contributed by atoms with Crippen LogP contribution in [0.5, 0.6) is 0 Å². The molecule has 0 spiro atoms. The number of carbonyl (C=O) groups excluding carboxylic acids is 1. The number of carboxylic acids is 1. The van der Waals surface area contributed by atoms with Crippen LogP contribution in [0.25, 0.3) is 0 Å². The van der Waals surface area contributed by atoms with Crippen molar-refractivity contribution in [3.63, 3.8) is 0 Å². The van der Waals surface area contributed by atoms with Crippen molar-refractivity contribution in [2.24, 2.45) is 17.6 Å². The van der Waals surface area contributed by atoms with Crippen LogP contribution in [0.1, 0.15) is 50.5 Å². The Labute approximate surface area is 155 Å². The number of amides is 1. The van der Waals surface area contributed by atoms with E-state index in [4.69, 9.17) is 5.73 Å². The number of hydrogen-bond acceptors (Lipinski definition) is 3. The molecule has 1 aliphatic carbocycles. The molecule has 1 saturated carbocycles. The van der Waals surface area contributed by atoms with Crippen LogP contribution in [0.15, 0.2) is 30.3 Å². The van der Waals surface area contributed by atoms with Crippen LogP contribution in [0.3, 0.4) is 0 Å². The smallest absolute Gasteiger partial charge is 0.326 e. The van der Waals surface area contributed by atoms with Crippen LogP contribution in [0.2, 0.25) is 0 Å². The first-order chi connectivity index (χ1) is 12.6. The van der Waals surface area contributed by atoms with Crippen molar-refractivity contribution in [3.8, 4) is 0 Å². The van der Waals surface area contributed by atoms with Gasteiger partial charge in [0.25, 0.3) is 0 Å². The Morgan fingerprint density at radius 3 is 2.46 bits per heavy atom. The summed E-state index contributed by atoms with van der Waals surface area (Å²) in [7, 11) is 0. The molecule has 1 heterocycles. The van der Waals surface area contributed by atoms with Crippen LogP contribution < -0.4 is 5.73 Å². The maximum Gasteiger partial charge on any atom is 0.326 e. The van der Waals surface area contributed by atoms with Crippen molar-refractivity contribution < 1.29 is 14.7 Å². The molecule has 0 radical (unpaired) electrons. The largest absolute Gasteiger partial charge is 0.480 e. The highest BCUT2D eigenvalue weighted by Crippen LogP contribution is 2.37. The first-order valence-electron chi connectivity index (χ1n) is 9.89. The molecule has 1 aromatic rings. The SMILES string of the molecule is NC(CCc1ccccc1)C(=O)N1C[C@@H](C2CCCCC2)C[C@H]1C(=O)O. The minimum absolute atomic E-state index is 0.202. The number of nitrogens with zero attached hydrogens (tertiary/aromatic N) is 1. The Morgan fingerprint density at radius 1 is 1.12 bits per heavy atom. The maximum absolute atomic E-state index is 12.8. The van der Waals surface area contributed by atoms with Gasteiger partial charge in [0, 0.05) is 6.54 Å². The quantitative estimate of drug-likeness (QED) is 0.819. The molecule has 1 saturated heterocycles. The molecule has 2 aliphatic rings. The second kappa shape index (κ2) is 8.67. The van der Waals surface area contributed by atoms with Gasteiger partial charge in [-0.05, 0) is 36.7 Å². The highest BCUT2D eigenvalue weighted by atomic mass is 16.4. The lowest BCUT2D eigenvalue weighted by Gasteiger charge is -2.28. The lowest BCUT2D eigenvalue weighted by molar-refractivity contribution is -0.148. The average molecular weight is 358 g/mol. The van der Waals surface area contributed by atoms with E-state index in [1.54, 1.807) is 4.90 Å². The summed E-state index contributed by atoms with van der Waals surface area (Å²) in [5.74, 6) is -0.232. The Bertz CT molecular complexity index is 613. The number of carboxylic acid groups (broad SMARTS) is 1. The third-order valence-electron chi connectivity index (χ3n) is 6.12. The highest BCUT2D eigenvalue weighted by molar-refractivity contribution is 5.87. The van der Waals surface area contributed by atoms with Gasteiger partial charge in [-0.3, -0.25) is 4.79 Å². The lowest BCUT2D eigenvalue weighted by Crippen LogP contribution is -2.48. The Hall–Kier alpha value is -1.88. The molecule has 1 aliphatic heterocycles. The van der Waals surface area contributed by atoms with Gasteiger partial charge in [0.05, 0.1) is 6.04 Å². The van der Waals surface area contributed by atoms with E-state index in [0.717, 1.165) is 12.0 Å². The molecule has 5 heteroatoms. The maximum atomic E-state index is 12.8. The molecule has 0 bridgehead atoms. The number of carbonyl (C=O) groups is 2. The van der Waals surface area contributed by atoms with Crippen molar-refractivity contribution in [2.45, 2.75) is 63.5 Å². The van der Waals surface area contributed by atoms with Crippen molar-refractivity contribution in [2.75, 3.05) is 6.54 Å². The molecule has 1 aromatic carbocycles. The van der Waals surface area contributed by atoms with Crippen molar-refractivity contribution in [1.29, 1.82) is 0 Å². The number of nitrogens with two attached hydrogens (primary N) is 1. The van der Waals surface area contributed by atoms with Crippen LogP contribution in [-0.4, -0.2) is 40.5 Å². The molecule has 5 nitrogen and oxygen atoms in total. The van der Waals surface area contributed by atoms with Gasteiger partial charge in [-0.1, -0.05) is 62.4 Å². The first-order valence-corrected chi connectivity index (χ1v) is 9.89. The van der Waals surface area contributed by atoms with Gasteiger partial charge in [0.15, 0.2) is 0 Å². The fourth-order valence-electron chi connectivity index (χ4n) is 4.60. The van der Waals surface area contributed by atoms with Gasteiger partial charge in [0.2, 0.25) is 5.91 Å². The van der Waals surface area contributed by atoms with Gasteiger partial charge in [0.1, 0.15) is 6.04 Å². The number of likely N-dealkylation sites (tertiary alicyclic amines) is 1. The van der Waals surface area contributed by atoms with Gasteiger partial charge < -0.3 is 15.7 Å². The second-order valence-corrected chi connectivity index (χ2v) is 7.87. The number of rotatable bonds is 6. The minimum Gasteiger partial charge on any atom is -0.480 e. The van der Waals surface area contributed by atoms with E-state index in [1.165, 1.54) is 32.1 Å². The molecular formula is C21H30N2O3. The minimum atomic E-state index is -0.896. The summed E-state index contributed by atoms with van der Waals surface area (Å²) >= 11 is 0. The van der Waals surface area contributed by atoms with Gasteiger partial charge in [-0.15, -0.1) is 0 Å². The molecule has 142 valence electrons. The monoisotopic (exact) mass is 358 g/mol. The van der Waals surface area contributed by atoms with E-state index in [1.807, 2.05) is 30.3 Å². The van der Waals surface area contributed by atoms with E-state index >= 15 is 0 Å². The third-order valence-corrected chi connectivity index (χ3v) is 6.12. The van der Waals surface area contributed by atoms with E-state index in [9.17, 15) is 14.7 Å². The molecule has 1 amide bonds. The predicted molar refractivity (Wildman–Crippen MR) is 101 cm³/mol. The molecule has 3 atom stereocenters. The molecule has 26 heavy (non-hydrogen) atoms. The fourth-order valence-corrected chi connectivity index (χ4v) is 4.60. The van der Waals surface area contributed by atoms with Crippen LogP contribution in [0.4, 0.5) is 0 Å². The standard InChI is InChI=1S/C21H30N2O3/c22-18(12-11-15-7-3-1-4-8-15)20(24)23-14-17(13-19(23)21(25)26)16-9-5-2-6-10-16/h1,3-4,7-8,16-19H,2,5-6,9-14,22H2,(H,25,26)/t17-,18?,19-/m0/s1. The van der Waals surface area contributed by atoms with Gasteiger partial charge >= 0.3 is 5.97 Å². The Morgan fingerprint density at radius 2 is 1.81 bits per heavy atom. The topological polar surface area (TPSA) is 83.6 Å². The zero-order valence-electron chi connectivity index (χ0n) is 15.3. The van der Waals surface area contributed by atoms with E-state index in [-0.39, 0.29) is 5.91 Å². The van der Waals surface area contributed by atoms with E-state index in [0.29, 0.717) is 31.2 Å². The van der Waals surface area contributed by atoms with E-state index < -0.39 is 18.1 Å². The normalized spacial score (nSPS) is 25.2. The molecule has 1 unspecified atom stereocenters. The zero-order valence-corrected chi connectivity index (χ0v) is 15.3. The zero-order chi connectivity index (χ0) is 18.5. The summed E-state index contributed by atoms with van der Waals surface area (Å²) in [4.78, 5) is 26.1. The van der Waals surface area contributed by atoms with E-state index in [2.05, 4.69) is 0 Å². The molecule has 3 rings (SSSR count). The molecular weight excluding hydrogens is 328 g/mol. The number of aliphatic carboxylic acids is 1. The van der Waals surface area contributed by atoms with Crippen molar-refractivity contribution in [1.82, 2.24) is 4.90 Å². The van der Waals surface area contributed by atoms with Crippen molar-refractivity contribution in [3.05, 3.63) is 35.9 Å². The van der Waals surface area contributed by atoms with Crippen LogP contribution in [-0.2, 0) is 16.0 Å². The molecule has 0 aromatic heterocycles. The van der Waals surface area contributed by atoms with Crippen LogP contribution in [0, 0.1) is 11.8 Å². The third kappa shape index (κ3) is 4.44. The van der Waals surface area contributed by atoms with Gasteiger partial charge in [-0.2, -0.15) is 0 Å². The second-order valence-electron chi connectivity index (χ2n) is 7.87. The molecule has 2 fully saturated rings. The first kappa shape index (κ1) is 18.9. The fraction of sp³-hybridized carbons (Fsp3) is 0.619. The summed E-state index contributed by atoms with van der Waals surface area (Å²) in [6.45, 7) is 0.555. The molecule has 3 N–H and O–H groups in total. The number of aryl methyl sites for hydroxylation is 1. The summed E-state index contributed by atoms with van der Waals surface area (Å²) in [5, 5.41) is 9.60. The number of hydrogen-bond donors (Lipinski definition) is 2. The summed E-state index contributed by atoms with van der Waals surface area (Å²) in [6.07, 6.45) is 7.91. The Balaban J connectivity index is 1.60.